The lowest BCUT2D eigenvalue weighted by molar-refractivity contribution is 0.0604. The van der Waals surface area contributed by atoms with E-state index < -0.39 is 0 Å². The molecule has 0 radical (unpaired) electrons. The molecule has 2 fully saturated rings. The Morgan fingerprint density at radius 1 is 1.20 bits per heavy atom. The fourth-order valence-corrected chi connectivity index (χ4v) is 2.25. The quantitative estimate of drug-likeness (QED) is 0.651. The molecular formula is C11H23N3O. The van der Waals surface area contributed by atoms with E-state index in [1.165, 1.54) is 26.2 Å². The number of hydrogen-bond acceptors (Lipinski definition) is 4. The predicted octanol–water partition coefficient (Wildman–Crippen LogP) is -0.653. The molecular weight excluding hydrogens is 190 g/mol. The zero-order chi connectivity index (χ0) is 10.7. The Balaban J connectivity index is 1.51. The molecule has 0 bridgehead atoms. The number of nitrogens with one attached hydrogen (secondary N) is 1. The average molecular weight is 213 g/mol. The van der Waals surface area contributed by atoms with Crippen molar-refractivity contribution in [1.82, 2.24) is 15.1 Å². The molecule has 1 aliphatic heterocycles. The number of nitrogens with zero attached hydrogens (tertiary/aromatic N) is 2. The fourth-order valence-electron chi connectivity index (χ4n) is 2.25. The van der Waals surface area contributed by atoms with Crippen LogP contribution in [0.15, 0.2) is 0 Å². The van der Waals surface area contributed by atoms with Crippen LogP contribution in [0.25, 0.3) is 0 Å². The molecule has 1 saturated heterocycles. The van der Waals surface area contributed by atoms with E-state index in [1.54, 1.807) is 0 Å². The molecule has 0 aromatic carbocycles. The Morgan fingerprint density at radius 2 is 1.87 bits per heavy atom. The average Bonchev–Trinajstić information content (AvgIpc) is 2.18. The molecule has 0 unspecified atom stereocenters. The minimum absolute atomic E-state index is 0.0360. The third-order valence-corrected chi connectivity index (χ3v) is 3.57. The van der Waals surface area contributed by atoms with Gasteiger partial charge in [0.2, 0.25) is 0 Å². The van der Waals surface area contributed by atoms with E-state index in [2.05, 4.69) is 22.2 Å². The zero-order valence-electron chi connectivity index (χ0n) is 9.65. The largest absolute Gasteiger partial charge is 0.393 e. The summed E-state index contributed by atoms with van der Waals surface area (Å²) in [6, 6.07) is 0.576. The molecule has 1 aliphatic carbocycles. The molecule has 2 N–H and O–H groups in total. The molecule has 15 heavy (non-hydrogen) atoms. The van der Waals surface area contributed by atoms with Crippen LogP contribution in [-0.2, 0) is 0 Å². The van der Waals surface area contributed by atoms with Gasteiger partial charge < -0.3 is 15.3 Å². The highest BCUT2D eigenvalue weighted by atomic mass is 16.3. The first-order valence-corrected chi connectivity index (χ1v) is 6.06. The van der Waals surface area contributed by atoms with E-state index in [-0.39, 0.29) is 6.10 Å². The van der Waals surface area contributed by atoms with Gasteiger partial charge in [-0.1, -0.05) is 0 Å². The van der Waals surface area contributed by atoms with Crippen molar-refractivity contribution >= 4 is 0 Å². The van der Waals surface area contributed by atoms with Gasteiger partial charge in [-0.25, -0.2) is 0 Å². The lowest BCUT2D eigenvalue weighted by Crippen LogP contribution is -2.49. The van der Waals surface area contributed by atoms with Crippen molar-refractivity contribution in [3.63, 3.8) is 0 Å². The summed E-state index contributed by atoms with van der Waals surface area (Å²) in [5.41, 5.74) is 0. The summed E-state index contributed by atoms with van der Waals surface area (Å²) in [6.45, 7) is 7.02. The Labute approximate surface area is 92.2 Å². The standard InChI is InChI=1S/C11H23N3O/c1-13-4-6-14(7-5-13)3-2-12-10-8-11(15)9-10/h10-12,15H,2-9H2,1H3. The van der Waals surface area contributed by atoms with E-state index in [0.717, 1.165) is 25.9 Å². The van der Waals surface area contributed by atoms with Gasteiger partial charge in [0.25, 0.3) is 0 Å². The van der Waals surface area contributed by atoms with Gasteiger partial charge in [0.05, 0.1) is 6.10 Å². The van der Waals surface area contributed by atoms with Crippen molar-refractivity contribution in [3.8, 4) is 0 Å². The summed E-state index contributed by atoms with van der Waals surface area (Å²) in [7, 11) is 2.19. The third-order valence-electron chi connectivity index (χ3n) is 3.57. The molecule has 1 saturated carbocycles. The minimum Gasteiger partial charge on any atom is -0.393 e. The molecule has 1 heterocycles. The van der Waals surface area contributed by atoms with Crippen LogP contribution in [-0.4, -0.2) is 73.4 Å². The van der Waals surface area contributed by atoms with E-state index in [0.29, 0.717) is 6.04 Å². The van der Waals surface area contributed by atoms with Gasteiger partial charge in [-0.2, -0.15) is 0 Å². The van der Waals surface area contributed by atoms with Crippen molar-refractivity contribution in [2.75, 3.05) is 46.3 Å². The van der Waals surface area contributed by atoms with Crippen molar-refractivity contribution in [1.29, 1.82) is 0 Å². The summed E-state index contributed by atoms with van der Waals surface area (Å²) in [6.07, 6.45) is 1.86. The van der Waals surface area contributed by atoms with Gasteiger partial charge in [0, 0.05) is 45.3 Å². The van der Waals surface area contributed by atoms with Crippen molar-refractivity contribution in [2.24, 2.45) is 0 Å². The first-order chi connectivity index (χ1) is 7.24. The van der Waals surface area contributed by atoms with Crippen LogP contribution in [0.5, 0.6) is 0 Å². The molecule has 0 aromatic rings. The molecule has 0 spiro atoms. The number of aliphatic hydroxyl groups is 1. The van der Waals surface area contributed by atoms with Gasteiger partial charge in [-0.05, 0) is 19.9 Å². The number of likely N-dealkylation sites (N-methyl/N-ethyl adjacent to an activating group) is 1. The maximum atomic E-state index is 9.14. The Bertz CT molecular complexity index is 186. The van der Waals surface area contributed by atoms with Crippen molar-refractivity contribution in [2.45, 2.75) is 25.0 Å². The van der Waals surface area contributed by atoms with Crippen LogP contribution in [0.2, 0.25) is 0 Å². The summed E-state index contributed by atoms with van der Waals surface area (Å²) in [4.78, 5) is 4.90. The van der Waals surface area contributed by atoms with Gasteiger partial charge in [-0.15, -0.1) is 0 Å². The van der Waals surface area contributed by atoms with Gasteiger partial charge >= 0.3 is 0 Å². The second-order valence-electron chi connectivity index (χ2n) is 4.92. The van der Waals surface area contributed by atoms with Crippen LogP contribution in [0, 0.1) is 0 Å². The van der Waals surface area contributed by atoms with Gasteiger partial charge in [0.1, 0.15) is 0 Å². The highest BCUT2D eigenvalue weighted by molar-refractivity contribution is 4.84. The molecule has 0 atom stereocenters. The number of piperazine rings is 1. The number of hydrogen-bond donors (Lipinski definition) is 2. The topological polar surface area (TPSA) is 38.7 Å². The number of aliphatic hydroxyl groups excluding tert-OH is 1. The lowest BCUT2D eigenvalue weighted by atomic mass is 9.89. The van der Waals surface area contributed by atoms with Crippen molar-refractivity contribution in [3.05, 3.63) is 0 Å². The normalized spacial score (nSPS) is 34.0. The molecule has 2 rings (SSSR count). The van der Waals surface area contributed by atoms with Gasteiger partial charge in [-0.3, -0.25) is 4.90 Å². The maximum absolute atomic E-state index is 9.14. The maximum Gasteiger partial charge on any atom is 0.0570 e. The minimum atomic E-state index is -0.0360. The molecule has 2 aliphatic rings. The fraction of sp³-hybridized carbons (Fsp3) is 1.00. The third kappa shape index (κ3) is 3.41. The monoisotopic (exact) mass is 213 g/mol. The Kier molecular flexibility index (Phi) is 3.97. The van der Waals surface area contributed by atoms with Crippen LogP contribution < -0.4 is 5.32 Å². The molecule has 0 amide bonds. The lowest BCUT2D eigenvalue weighted by Gasteiger charge is -2.35. The Morgan fingerprint density at radius 3 is 2.47 bits per heavy atom. The second kappa shape index (κ2) is 5.25. The first kappa shape index (κ1) is 11.3. The highest BCUT2D eigenvalue weighted by Crippen LogP contribution is 2.18. The smallest absolute Gasteiger partial charge is 0.0570 e. The van der Waals surface area contributed by atoms with Crippen molar-refractivity contribution < 1.29 is 5.11 Å². The molecule has 0 aromatic heterocycles. The van der Waals surface area contributed by atoms with Gasteiger partial charge in [0.15, 0.2) is 0 Å². The molecule has 4 nitrogen and oxygen atoms in total. The molecule has 4 heteroatoms. The van der Waals surface area contributed by atoms with E-state index in [4.69, 9.17) is 5.11 Å². The second-order valence-corrected chi connectivity index (χ2v) is 4.92. The summed E-state index contributed by atoms with van der Waals surface area (Å²) >= 11 is 0. The van der Waals surface area contributed by atoms with E-state index in [9.17, 15) is 0 Å². The summed E-state index contributed by atoms with van der Waals surface area (Å²) < 4.78 is 0. The van der Waals surface area contributed by atoms with E-state index >= 15 is 0 Å². The SMILES string of the molecule is CN1CCN(CCNC2CC(O)C2)CC1. The summed E-state index contributed by atoms with van der Waals surface area (Å²) in [5, 5.41) is 12.6. The van der Waals surface area contributed by atoms with Crippen LogP contribution >= 0.6 is 0 Å². The van der Waals surface area contributed by atoms with Crippen LogP contribution in [0.3, 0.4) is 0 Å². The number of rotatable bonds is 4. The van der Waals surface area contributed by atoms with Crippen LogP contribution in [0.1, 0.15) is 12.8 Å². The Hall–Kier alpha value is -0.160. The first-order valence-electron chi connectivity index (χ1n) is 6.06. The van der Waals surface area contributed by atoms with E-state index in [1.807, 2.05) is 0 Å². The predicted molar refractivity (Wildman–Crippen MR) is 61.0 cm³/mol. The highest BCUT2D eigenvalue weighted by Gasteiger charge is 2.26. The summed E-state index contributed by atoms with van der Waals surface area (Å²) in [5.74, 6) is 0. The zero-order valence-corrected chi connectivity index (χ0v) is 9.65. The van der Waals surface area contributed by atoms with Crippen LogP contribution in [0.4, 0.5) is 0 Å². The molecule has 88 valence electrons.